The van der Waals surface area contributed by atoms with Gasteiger partial charge in [-0.2, -0.15) is 0 Å². The number of thioether (sulfide) groups is 1. The number of aryl methyl sites for hydroxylation is 1. The second-order valence-corrected chi connectivity index (χ2v) is 11.5. The zero-order valence-corrected chi connectivity index (χ0v) is 23.3. The first-order valence-electron chi connectivity index (χ1n) is 12.2. The Balaban J connectivity index is 1.51. The molecular formula is C27H31N3O6S2. The third kappa shape index (κ3) is 7.17. The number of nitrogens with zero attached hydrogens (tertiary/aromatic N) is 2. The van der Waals surface area contributed by atoms with Crippen LogP contribution in [0.25, 0.3) is 0 Å². The Labute approximate surface area is 229 Å². The molecule has 1 saturated heterocycles. The monoisotopic (exact) mass is 557 g/mol. The molecule has 2 N–H and O–H groups in total. The van der Waals surface area contributed by atoms with Crippen LogP contribution in [0.4, 0.5) is 5.69 Å². The molecule has 0 spiro atoms. The molecule has 1 fully saturated rings. The summed E-state index contributed by atoms with van der Waals surface area (Å²) in [6.07, 6.45) is -1.88. The van der Waals surface area contributed by atoms with Crippen molar-refractivity contribution in [3.8, 4) is 0 Å². The predicted molar refractivity (Wildman–Crippen MR) is 145 cm³/mol. The molecule has 1 aliphatic heterocycles. The summed E-state index contributed by atoms with van der Waals surface area (Å²) in [6.45, 7) is 6.81. The van der Waals surface area contributed by atoms with E-state index in [4.69, 9.17) is 14.2 Å². The van der Waals surface area contributed by atoms with Gasteiger partial charge in [-0.3, -0.25) is 9.59 Å². The number of ether oxygens (including phenoxy) is 3. The summed E-state index contributed by atoms with van der Waals surface area (Å²) in [5.41, 5.74) is 3.22. The van der Waals surface area contributed by atoms with E-state index < -0.39 is 24.3 Å². The van der Waals surface area contributed by atoms with Gasteiger partial charge in [0.1, 0.15) is 5.01 Å². The first kappa shape index (κ1) is 28.2. The maximum Gasteiger partial charge on any atom is 0.303 e. The summed E-state index contributed by atoms with van der Waals surface area (Å²) in [6, 6.07) is 15.0. The van der Waals surface area contributed by atoms with E-state index in [1.165, 1.54) is 13.8 Å². The molecule has 9 nitrogen and oxygen atoms in total. The van der Waals surface area contributed by atoms with Gasteiger partial charge in [0.2, 0.25) is 0 Å². The molecule has 1 aliphatic rings. The largest absolute Gasteiger partial charge is 0.453 e. The van der Waals surface area contributed by atoms with Crippen molar-refractivity contribution in [1.29, 1.82) is 0 Å². The minimum atomic E-state index is -0.897. The highest BCUT2D eigenvalue weighted by molar-refractivity contribution is 8.01. The summed E-state index contributed by atoms with van der Waals surface area (Å²) in [5.74, 6) is -0.196. The van der Waals surface area contributed by atoms with Crippen molar-refractivity contribution in [3.63, 3.8) is 0 Å². The summed E-state index contributed by atoms with van der Waals surface area (Å²) in [5, 5.41) is 21.4. The van der Waals surface area contributed by atoms with Crippen LogP contribution in [-0.4, -0.2) is 45.1 Å². The molecule has 4 rings (SSSR count). The van der Waals surface area contributed by atoms with Crippen molar-refractivity contribution < 1.29 is 28.9 Å². The van der Waals surface area contributed by atoms with Gasteiger partial charge in [-0.15, -0.1) is 10.2 Å². The minimum Gasteiger partial charge on any atom is -0.453 e. The number of hydrogen-bond donors (Lipinski definition) is 2. The van der Waals surface area contributed by atoms with E-state index in [-0.39, 0.29) is 24.7 Å². The summed E-state index contributed by atoms with van der Waals surface area (Å²) in [7, 11) is 0. The third-order valence-electron chi connectivity index (χ3n) is 6.16. The number of amides is 1. The van der Waals surface area contributed by atoms with Crippen molar-refractivity contribution >= 4 is 40.7 Å². The first-order valence-corrected chi connectivity index (χ1v) is 14.0. The number of nitrogens with one attached hydrogen (secondary N) is 1. The molecule has 38 heavy (non-hydrogen) atoms. The average molecular weight is 558 g/mol. The first-order chi connectivity index (χ1) is 18.2. The molecule has 0 aliphatic carbocycles. The molecule has 0 bridgehead atoms. The molecule has 11 heteroatoms. The lowest BCUT2D eigenvalue weighted by atomic mass is 9.91. The Morgan fingerprint density at radius 1 is 1.11 bits per heavy atom. The molecule has 5 atom stereocenters. The van der Waals surface area contributed by atoms with Crippen molar-refractivity contribution in [3.05, 3.63) is 70.2 Å². The number of aliphatic hydroxyl groups excluding tert-OH is 1. The van der Waals surface area contributed by atoms with Crippen LogP contribution in [0.5, 0.6) is 0 Å². The fraction of sp³-hybridized carbons (Fsp3) is 0.407. The fourth-order valence-corrected chi connectivity index (χ4v) is 6.08. The zero-order chi connectivity index (χ0) is 27.2. The number of aromatic nitrogens is 2. The maximum absolute atomic E-state index is 12.3. The topological polar surface area (TPSA) is 120 Å². The molecule has 1 aromatic heterocycles. The molecule has 3 aromatic rings. The summed E-state index contributed by atoms with van der Waals surface area (Å²) < 4.78 is 18.7. The van der Waals surface area contributed by atoms with Gasteiger partial charge in [0, 0.05) is 29.8 Å². The number of aliphatic hydroxyl groups is 1. The van der Waals surface area contributed by atoms with Gasteiger partial charge in [0.15, 0.2) is 16.7 Å². The van der Waals surface area contributed by atoms with Crippen LogP contribution in [-0.2, 0) is 30.4 Å². The van der Waals surface area contributed by atoms with Crippen LogP contribution in [0.3, 0.4) is 0 Å². The smallest absolute Gasteiger partial charge is 0.303 e. The molecule has 2 heterocycles. The van der Waals surface area contributed by atoms with Crippen molar-refractivity contribution in [2.24, 2.45) is 5.92 Å². The Kier molecular flexibility index (Phi) is 9.50. The predicted octanol–water partition coefficient (Wildman–Crippen LogP) is 4.81. The molecular weight excluding hydrogens is 526 g/mol. The fourth-order valence-electron chi connectivity index (χ4n) is 4.07. The van der Waals surface area contributed by atoms with E-state index >= 15 is 0 Å². The second-order valence-electron chi connectivity index (χ2n) is 9.08. The van der Waals surface area contributed by atoms with E-state index in [2.05, 4.69) is 22.4 Å². The standard InChI is InChI=1S/C27H31N3O6S2/c1-15-23(14-37-27-30-29-17(3)38-27)35-26(36-24(15)20-7-5-19(13-31)6-8-20)21-9-11-22(12-10-21)28-25(33)16(2)34-18(4)32/h5-12,15-16,23-24,26,31H,13-14H2,1-4H3,(H,28,33)/t15-,16-,23+,24+,26+/m0/s1. The van der Waals surface area contributed by atoms with Crippen LogP contribution in [0.15, 0.2) is 52.9 Å². The number of anilines is 1. The number of esters is 1. The lowest BCUT2D eigenvalue weighted by Gasteiger charge is -2.41. The van der Waals surface area contributed by atoms with E-state index in [9.17, 15) is 14.7 Å². The van der Waals surface area contributed by atoms with Crippen LogP contribution >= 0.6 is 23.1 Å². The minimum absolute atomic E-state index is 0.0177. The van der Waals surface area contributed by atoms with Crippen molar-refractivity contribution in [1.82, 2.24) is 10.2 Å². The van der Waals surface area contributed by atoms with E-state index in [1.54, 1.807) is 35.2 Å². The number of hydrogen-bond acceptors (Lipinski definition) is 10. The molecule has 1 amide bonds. The Hall–Kier alpha value is -2.83. The molecule has 0 unspecified atom stereocenters. The number of carbonyl (C=O) groups is 2. The molecule has 0 saturated carbocycles. The Bertz CT molecular complexity index is 1230. The van der Waals surface area contributed by atoms with Crippen LogP contribution in [0, 0.1) is 12.8 Å². The summed E-state index contributed by atoms with van der Waals surface area (Å²) in [4.78, 5) is 23.4. The lowest BCUT2D eigenvalue weighted by Crippen LogP contribution is -2.38. The normalized spacial score (nSPS) is 22.0. The SMILES string of the molecule is CC(=O)O[C@@H](C)C(=O)Nc1ccc([C@@H]2O[C@H](CSc3nnc(C)s3)[C@H](C)[C@H](c3ccc(CO)cc3)O2)cc1. The Morgan fingerprint density at radius 3 is 2.39 bits per heavy atom. The average Bonchev–Trinajstić information content (AvgIpc) is 3.33. The van der Waals surface area contributed by atoms with Gasteiger partial charge in [0.05, 0.1) is 18.8 Å². The zero-order valence-electron chi connectivity index (χ0n) is 21.6. The van der Waals surface area contributed by atoms with Crippen LogP contribution in [0.1, 0.15) is 54.9 Å². The van der Waals surface area contributed by atoms with Crippen LogP contribution < -0.4 is 5.32 Å². The number of carbonyl (C=O) groups excluding carboxylic acids is 2. The summed E-state index contributed by atoms with van der Waals surface area (Å²) >= 11 is 3.17. The van der Waals surface area contributed by atoms with E-state index in [0.717, 1.165) is 26.0 Å². The van der Waals surface area contributed by atoms with Gasteiger partial charge >= 0.3 is 5.97 Å². The molecule has 0 radical (unpaired) electrons. The highest BCUT2D eigenvalue weighted by Gasteiger charge is 2.38. The van der Waals surface area contributed by atoms with E-state index in [1.807, 2.05) is 43.3 Å². The van der Waals surface area contributed by atoms with E-state index in [0.29, 0.717) is 11.4 Å². The van der Waals surface area contributed by atoms with Gasteiger partial charge in [-0.25, -0.2) is 0 Å². The van der Waals surface area contributed by atoms with Crippen molar-refractivity contribution in [2.75, 3.05) is 11.1 Å². The van der Waals surface area contributed by atoms with Crippen LogP contribution in [0.2, 0.25) is 0 Å². The lowest BCUT2D eigenvalue weighted by molar-refractivity contribution is -0.268. The molecule has 2 aromatic carbocycles. The number of rotatable bonds is 9. The maximum atomic E-state index is 12.3. The Morgan fingerprint density at radius 2 is 1.79 bits per heavy atom. The quantitative estimate of drug-likeness (QED) is 0.282. The van der Waals surface area contributed by atoms with Gasteiger partial charge in [-0.1, -0.05) is 66.4 Å². The van der Waals surface area contributed by atoms with Crippen molar-refractivity contribution in [2.45, 2.75) is 63.2 Å². The van der Waals surface area contributed by atoms with Gasteiger partial charge in [-0.05, 0) is 37.1 Å². The van der Waals surface area contributed by atoms with Gasteiger partial charge in [0.25, 0.3) is 5.91 Å². The highest BCUT2D eigenvalue weighted by Crippen LogP contribution is 2.43. The van der Waals surface area contributed by atoms with Gasteiger partial charge < -0.3 is 24.6 Å². The highest BCUT2D eigenvalue weighted by atomic mass is 32.2. The third-order valence-corrected chi connectivity index (χ3v) is 8.23. The number of benzene rings is 2. The second kappa shape index (κ2) is 12.8. The molecule has 202 valence electrons.